The third-order valence-corrected chi connectivity index (χ3v) is 14.5. The molecule has 0 atom stereocenters. The van der Waals surface area contributed by atoms with E-state index in [2.05, 4.69) is 223 Å². The predicted octanol–water partition coefficient (Wildman–Crippen LogP) is 9.93. The van der Waals surface area contributed by atoms with Crippen molar-refractivity contribution < 1.29 is 10.0 Å². The fourth-order valence-electron chi connectivity index (χ4n) is 10.1. The van der Waals surface area contributed by atoms with Crippen molar-refractivity contribution in [3.8, 4) is 0 Å². The lowest BCUT2D eigenvalue weighted by Crippen LogP contribution is -2.31. The van der Waals surface area contributed by atoms with Crippen LogP contribution in [0.1, 0.15) is 88.3 Å². The molecule has 2 saturated carbocycles. The number of hydrogen-bond acceptors (Lipinski definition) is 10. The van der Waals surface area contributed by atoms with Gasteiger partial charge >= 0.3 is 0 Å². The summed E-state index contributed by atoms with van der Waals surface area (Å²) in [7, 11) is 18.3. The first-order valence-corrected chi connectivity index (χ1v) is 23.8. The average molecular weight is 911 g/mol. The average Bonchev–Trinajstić information content (AvgIpc) is 3.98. The van der Waals surface area contributed by atoms with Crippen molar-refractivity contribution in [2.24, 2.45) is 22.1 Å². The molecule has 10 rings (SSSR count). The SMILES string of the molecule is CN(C)c1cccc(C2(c3cccc(N(C)C)c3)C=Cc3c(C(=NO)C4CCC4)n[nH]c3C2)c1.CON=C(c1n[nH]c2c1C=CC(c1cccc(N(C)C)c1)(c1cccc(N(C)C)c1)C2)C1CC1. The monoisotopic (exact) mass is 911 g/mol. The number of anilines is 4. The van der Waals surface area contributed by atoms with Gasteiger partial charge in [-0.3, -0.25) is 10.2 Å². The molecule has 0 bridgehead atoms. The Bertz CT molecular complexity index is 2790. The molecule has 0 spiro atoms. The number of rotatable bonds is 13. The van der Waals surface area contributed by atoms with Gasteiger partial charge in [0.2, 0.25) is 0 Å². The highest BCUT2D eigenvalue weighted by molar-refractivity contribution is 6.05. The molecule has 12 nitrogen and oxygen atoms in total. The van der Waals surface area contributed by atoms with Gasteiger partial charge in [0.25, 0.3) is 0 Å². The summed E-state index contributed by atoms with van der Waals surface area (Å²) in [4.78, 5) is 13.8. The van der Waals surface area contributed by atoms with Crippen LogP contribution in [0.15, 0.2) is 120 Å². The predicted molar refractivity (Wildman–Crippen MR) is 279 cm³/mol. The molecule has 352 valence electrons. The molecular formula is C56H66N10O2. The van der Waals surface area contributed by atoms with Crippen LogP contribution in [0.3, 0.4) is 0 Å². The van der Waals surface area contributed by atoms with Crippen LogP contribution in [0.2, 0.25) is 0 Å². The third kappa shape index (κ3) is 8.68. The number of fused-ring (bicyclic) bond motifs is 2. The number of aromatic amines is 2. The van der Waals surface area contributed by atoms with Crippen molar-refractivity contribution in [2.45, 2.75) is 55.8 Å². The lowest BCUT2D eigenvalue weighted by molar-refractivity contribution is 0.212. The van der Waals surface area contributed by atoms with Gasteiger partial charge < -0.3 is 29.6 Å². The summed E-state index contributed by atoms with van der Waals surface area (Å²) in [6, 6.07) is 35.3. The van der Waals surface area contributed by atoms with Crippen molar-refractivity contribution in [3.05, 3.63) is 165 Å². The first-order chi connectivity index (χ1) is 32.8. The van der Waals surface area contributed by atoms with Crippen molar-refractivity contribution in [1.29, 1.82) is 0 Å². The second-order valence-electron chi connectivity index (χ2n) is 19.7. The van der Waals surface area contributed by atoms with E-state index in [0.717, 1.165) is 78.1 Å². The van der Waals surface area contributed by atoms with E-state index in [9.17, 15) is 5.21 Å². The van der Waals surface area contributed by atoms with Crippen LogP contribution in [0.4, 0.5) is 22.7 Å². The summed E-state index contributed by atoms with van der Waals surface area (Å²) in [5.74, 6) is 0.743. The van der Waals surface area contributed by atoms with Gasteiger partial charge in [0.15, 0.2) is 0 Å². The van der Waals surface area contributed by atoms with E-state index < -0.39 is 0 Å². The Morgan fingerprint density at radius 2 is 0.926 bits per heavy atom. The Hall–Kier alpha value is -7.08. The number of oxime groups is 2. The number of hydrogen-bond donors (Lipinski definition) is 3. The number of aromatic nitrogens is 4. The van der Waals surface area contributed by atoms with Crippen molar-refractivity contribution in [3.63, 3.8) is 0 Å². The highest BCUT2D eigenvalue weighted by Gasteiger charge is 2.41. The van der Waals surface area contributed by atoms with E-state index in [1.165, 1.54) is 51.4 Å². The van der Waals surface area contributed by atoms with Gasteiger partial charge in [-0.05, 0) is 96.5 Å². The molecule has 3 N–H and O–H groups in total. The maximum absolute atomic E-state index is 9.76. The number of nitrogens with zero attached hydrogens (tertiary/aromatic N) is 8. The van der Waals surface area contributed by atoms with E-state index in [1.54, 1.807) is 7.11 Å². The first kappa shape index (κ1) is 46.0. The number of allylic oxidation sites excluding steroid dienone is 2. The molecule has 0 unspecified atom stereocenters. The van der Waals surface area contributed by atoms with Gasteiger partial charge in [-0.25, -0.2) is 0 Å². The summed E-state index contributed by atoms with van der Waals surface area (Å²) in [5, 5.41) is 33.8. The van der Waals surface area contributed by atoms with E-state index >= 15 is 0 Å². The van der Waals surface area contributed by atoms with Crippen molar-refractivity contribution in [1.82, 2.24) is 20.4 Å². The van der Waals surface area contributed by atoms with Crippen LogP contribution in [-0.4, -0.2) is 101 Å². The second kappa shape index (κ2) is 18.9. The van der Waals surface area contributed by atoms with E-state index in [1.807, 2.05) is 0 Å². The molecule has 2 heterocycles. The van der Waals surface area contributed by atoms with Crippen LogP contribution < -0.4 is 19.6 Å². The Kier molecular flexibility index (Phi) is 12.8. The van der Waals surface area contributed by atoms with Gasteiger partial charge in [-0.1, -0.05) is 89.6 Å². The maximum atomic E-state index is 9.76. The lowest BCUT2D eigenvalue weighted by Gasteiger charge is -2.36. The number of nitrogens with one attached hydrogen (secondary N) is 2. The zero-order valence-electron chi connectivity index (χ0n) is 41.1. The minimum absolute atomic E-state index is 0.297. The molecule has 6 aromatic rings. The van der Waals surface area contributed by atoms with E-state index in [0.29, 0.717) is 17.5 Å². The molecule has 4 aromatic carbocycles. The quantitative estimate of drug-likeness (QED) is 0.0595. The molecule has 0 radical (unpaired) electrons. The smallest absolute Gasteiger partial charge is 0.117 e. The van der Waals surface area contributed by atoms with Gasteiger partial charge in [-0.15, -0.1) is 0 Å². The van der Waals surface area contributed by atoms with Crippen molar-refractivity contribution in [2.75, 3.05) is 83.1 Å². The van der Waals surface area contributed by atoms with Gasteiger partial charge in [0, 0.05) is 137 Å². The summed E-state index contributed by atoms with van der Waals surface area (Å²) >= 11 is 0. The molecule has 0 aliphatic heterocycles. The molecular weight excluding hydrogens is 845 g/mol. The molecule has 2 aromatic heterocycles. The Labute approximate surface area is 401 Å². The van der Waals surface area contributed by atoms with Gasteiger partial charge in [-0.2, -0.15) is 10.2 Å². The normalized spacial score (nSPS) is 17.0. The van der Waals surface area contributed by atoms with Crippen LogP contribution >= 0.6 is 0 Å². The lowest BCUT2D eigenvalue weighted by atomic mass is 9.68. The number of H-pyrrole nitrogens is 2. The first-order valence-electron chi connectivity index (χ1n) is 23.8. The molecule has 12 heteroatoms. The Morgan fingerprint density at radius 3 is 1.24 bits per heavy atom. The maximum Gasteiger partial charge on any atom is 0.117 e. The van der Waals surface area contributed by atoms with Gasteiger partial charge in [0.05, 0.1) is 0 Å². The fourth-order valence-corrected chi connectivity index (χ4v) is 10.1. The number of benzene rings is 4. The van der Waals surface area contributed by atoms with E-state index in [4.69, 9.17) is 9.94 Å². The molecule has 4 aliphatic rings. The summed E-state index contributed by atoms with van der Waals surface area (Å²) in [5.41, 5.74) is 16.8. The van der Waals surface area contributed by atoms with Gasteiger partial charge in [0.1, 0.15) is 29.9 Å². The zero-order valence-corrected chi connectivity index (χ0v) is 41.1. The second-order valence-corrected chi connectivity index (χ2v) is 19.7. The highest BCUT2D eigenvalue weighted by atomic mass is 16.6. The van der Waals surface area contributed by atoms with Crippen molar-refractivity contribution >= 4 is 46.3 Å². The zero-order chi connectivity index (χ0) is 47.7. The van der Waals surface area contributed by atoms with Crippen LogP contribution in [-0.2, 0) is 28.5 Å². The van der Waals surface area contributed by atoms with Crippen LogP contribution in [0.5, 0.6) is 0 Å². The summed E-state index contributed by atoms with van der Waals surface area (Å²) < 4.78 is 0. The third-order valence-electron chi connectivity index (χ3n) is 14.5. The van der Waals surface area contributed by atoms with E-state index in [-0.39, 0.29) is 10.8 Å². The fraction of sp³-hybridized carbons (Fsp3) is 0.357. The molecule has 2 fully saturated rings. The minimum atomic E-state index is -0.345. The highest BCUT2D eigenvalue weighted by Crippen LogP contribution is 2.46. The Morgan fingerprint density at radius 1 is 0.559 bits per heavy atom. The standard InChI is InChI=1S/2C28H33N5O/c1-32(2)22-10-6-8-20(16-22)28(21-9-7-11-23(17-21)33(3)4)15-14-24-25(18-28)29-30-27(24)26(31-34-5)19-12-13-19;1-32(2)22-12-6-10-20(16-22)28(21-11-7-13-23(17-21)33(3)4)15-14-24-25(18-28)29-30-27(24)26(31-34)19-8-5-9-19/h6-11,14-17,19H,12-13,18H2,1-5H3,(H,29,30);6-7,10-17,19,34H,5,8-9,18H2,1-4H3,(H,29,30). The van der Waals surface area contributed by atoms with Crippen LogP contribution in [0, 0.1) is 11.8 Å². The van der Waals surface area contributed by atoms with Crippen LogP contribution in [0.25, 0.3) is 12.2 Å². The molecule has 0 saturated heterocycles. The minimum Gasteiger partial charge on any atom is -0.411 e. The summed E-state index contributed by atoms with van der Waals surface area (Å²) in [6.45, 7) is 0. The molecule has 68 heavy (non-hydrogen) atoms. The largest absolute Gasteiger partial charge is 0.411 e. The summed E-state index contributed by atoms with van der Waals surface area (Å²) in [6.07, 6.45) is 16.2. The molecule has 4 aliphatic carbocycles. The topological polar surface area (TPSA) is 124 Å². The Balaban J connectivity index is 0.000000170. The molecule has 0 amide bonds.